The molecular weight excluding hydrogens is 294 g/mol. The van der Waals surface area contributed by atoms with Crippen molar-refractivity contribution in [3.8, 4) is 0 Å². The molecule has 0 saturated heterocycles. The fourth-order valence-corrected chi connectivity index (χ4v) is 2.45. The predicted molar refractivity (Wildman–Crippen MR) is 76.9 cm³/mol. The van der Waals surface area contributed by atoms with Gasteiger partial charge >= 0.3 is 16.6 Å². The topological polar surface area (TPSA) is 91.5 Å². The number of aliphatic carboxylic acids is 1. The summed E-state index contributed by atoms with van der Waals surface area (Å²) in [6.07, 6.45) is 0.168. The molecule has 0 aliphatic carbocycles. The molecule has 0 aromatic heterocycles. The number of para-hydroxylation sites is 1. The molecule has 1 aromatic rings. The van der Waals surface area contributed by atoms with Gasteiger partial charge in [0.05, 0.1) is 5.41 Å². The SMILES string of the molecule is CC1=[N+](CCC(=O)O)c2ccccc2C1(C)C.O=S(=O)=O. The van der Waals surface area contributed by atoms with Crippen molar-refractivity contribution in [3.63, 3.8) is 0 Å². The Morgan fingerprint density at radius 1 is 1.24 bits per heavy atom. The zero-order valence-electron chi connectivity index (χ0n) is 12.2. The Morgan fingerprint density at radius 3 is 2.29 bits per heavy atom. The summed E-state index contributed by atoms with van der Waals surface area (Å²) in [7, 11) is -3.11. The Morgan fingerprint density at radius 2 is 1.76 bits per heavy atom. The standard InChI is InChI=1S/C14H17NO2.O3S/c1-10-14(2,3)11-6-4-5-7-12(11)15(10)9-8-13(16)17;1-4(2)3/h4-7H,8-9H2,1-3H3;/p+1. The summed E-state index contributed by atoms with van der Waals surface area (Å²) in [5.74, 6) is -0.750. The number of carboxylic acid groups (broad SMARTS) is 1. The maximum absolute atomic E-state index is 10.7. The summed E-state index contributed by atoms with van der Waals surface area (Å²) in [5.41, 5.74) is 3.65. The third-order valence-electron chi connectivity index (χ3n) is 3.73. The van der Waals surface area contributed by atoms with E-state index in [0.29, 0.717) is 6.54 Å². The van der Waals surface area contributed by atoms with Crippen molar-refractivity contribution < 1.29 is 27.1 Å². The molecule has 0 fully saturated rings. The lowest BCUT2D eigenvalue weighted by atomic mass is 9.82. The first-order valence-corrected chi connectivity index (χ1v) is 7.37. The number of carboxylic acids is 1. The second-order valence-electron chi connectivity index (χ2n) is 5.23. The Bertz CT molecular complexity index is 682. The third kappa shape index (κ3) is 3.98. The molecule has 1 aliphatic heterocycles. The van der Waals surface area contributed by atoms with Crippen LogP contribution in [-0.2, 0) is 20.8 Å². The van der Waals surface area contributed by atoms with E-state index in [0.717, 1.165) is 5.69 Å². The van der Waals surface area contributed by atoms with Gasteiger partial charge in [-0.1, -0.05) is 18.2 Å². The number of nitrogens with zero attached hydrogens (tertiary/aromatic N) is 1. The van der Waals surface area contributed by atoms with Crippen molar-refractivity contribution in [1.29, 1.82) is 0 Å². The minimum Gasteiger partial charge on any atom is -0.481 e. The van der Waals surface area contributed by atoms with E-state index in [2.05, 4.69) is 37.5 Å². The highest BCUT2D eigenvalue weighted by Crippen LogP contribution is 2.39. The van der Waals surface area contributed by atoms with Crippen LogP contribution in [0, 0.1) is 0 Å². The quantitative estimate of drug-likeness (QED) is 0.855. The zero-order valence-corrected chi connectivity index (χ0v) is 13.0. The largest absolute Gasteiger partial charge is 0.481 e. The lowest BCUT2D eigenvalue weighted by Gasteiger charge is -2.14. The molecule has 0 saturated carbocycles. The molecule has 114 valence electrons. The molecule has 0 bridgehead atoms. The van der Waals surface area contributed by atoms with Gasteiger partial charge in [-0.05, 0) is 13.8 Å². The van der Waals surface area contributed by atoms with Gasteiger partial charge in [-0.3, -0.25) is 4.79 Å². The molecule has 0 amide bonds. The van der Waals surface area contributed by atoms with Crippen LogP contribution in [0.15, 0.2) is 24.3 Å². The predicted octanol–water partition coefficient (Wildman–Crippen LogP) is 1.55. The molecular formula is C14H18NO5S+. The van der Waals surface area contributed by atoms with Crippen LogP contribution in [0.3, 0.4) is 0 Å². The minimum absolute atomic E-state index is 0.00486. The van der Waals surface area contributed by atoms with E-state index >= 15 is 0 Å². The van der Waals surface area contributed by atoms with Crippen LogP contribution in [0.2, 0.25) is 0 Å². The maximum Gasteiger partial charge on any atom is 0.425 e. The van der Waals surface area contributed by atoms with Crippen molar-refractivity contribution in [2.45, 2.75) is 32.6 Å². The Labute approximate surface area is 124 Å². The third-order valence-corrected chi connectivity index (χ3v) is 3.73. The van der Waals surface area contributed by atoms with Crippen LogP contribution >= 0.6 is 0 Å². The molecule has 0 unspecified atom stereocenters. The Balaban J connectivity index is 0.000000491. The molecule has 1 aromatic carbocycles. The summed E-state index contributed by atoms with van der Waals surface area (Å²) >= 11 is 0. The lowest BCUT2D eigenvalue weighted by molar-refractivity contribution is -0.438. The van der Waals surface area contributed by atoms with Gasteiger partial charge in [0.1, 0.15) is 6.42 Å². The zero-order chi connectivity index (χ0) is 16.2. The number of hydrogen-bond donors (Lipinski definition) is 1. The number of carbonyl (C=O) groups is 1. The van der Waals surface area contributed by atoms with Crippen molar-refractivity contribution >= 4 is 28.0 Å². The summed E-state index contributed by atoms with van der Waals surface area (Å²) in [6.45, 7) is 6.99. The first-order chi connectivity index (χ1) is 9.67. The first-order valence-electron chi connectivity index (χ1n) is 6.37. The molecule has 1 heterocycles. The number of fused-ring (bicyclic) bond motifs is 1. The Hall–Kier alpha value is -2.02. The van der Waals surface area contributed by atoms with E-state index in [1.54, 1.807) is 0 Å². The van der Waals surface area contributed by atoms with Gasteiger partial charge in [-0.15, -0.1) is 12.6 Å². The van der Waals surface area contributed by atoms with E-state index in [1.807, 2.05) is 12.1 Å². The maximum atomic E-state index is 10.7. The fraction of sp³-hybridized carbons (Fsp3) is 0.429. The van der Waals surface area contributed by atoms with Crippen molar-refractivity contribution in [2.75, 3.05) is 6.54 Å². The van der Waals surface area contributed by atoms with E-state index in [9.17, 15) is 4.79 Å². The molecule has 0 atom stereocenters. The monoisotopic (exact) mass is 312 g/mol. The summed E-state index contributed by atoms with van der Waals surface area (Å²) in [4.78, 5) is 10.7. The molecule has 1 N–H and O–H groups in total. The molecule has 6 nitrogen and oxygen atoms in total. The van der Waals surface area contributed by atoms with Crippen LogP contribution in [0.4, 0.5) is 5.69 Å². The molecule has 1 aliphatic rings. The number of hydrogen-bond acceptors (Lipinski definition) is 4. The summed E-state index contributed by atoms with van der Waals surface area (Å²) < 4.78 is 27.5. The lowest BCUT2D eigenvalue weighted by Crippen LogP contribution is -2.27. The van der Waals surface area contributed by atoms with E-state index in [1.165, 1.54) is 11.3 Å². The van der Waals surface area contributed by atoms with Gasteiger partial charge in [-0.25, -0.2) is 0 Å². The molecule has 0 radical (unpaired) electrons. The highest BCUT2D eigenvalue weighted by Gasteiger charge is 2.42. The number of rotatable bonds is 3. The van der Waals surface area contributed by atoms with E-state index < -0.39 is 16.6 Å². The first kappa shape index (κ1) is 17.0. The number of benzene rings is 1. The van der Waals surface area contributed by atoms with Crippen molar-refractivity contribution in [3.05, 3.63) is 29.8 Å². The van der Waals surface area contributed by atoms with Gasteiger partial charge in [0.25, 0.3) is 0 Å². The molecule has 0 spiro atoms. The summed E-state index contributed by atoms with van der Waals surface area (Å²) in [5, 5.41) is 8.80. The highest BCUT2D eigenvalue weighted by molar-refractivity contribution is 7.59. The molecule has 7 heteroatoms. The van der Waals surface area contributed by atoms with Crippen LogP contribution < -0.4 is 0 Å². The Kier molecular flexibility index (Phi) is 5.37. The summed E-state index contributed by atoms with van der Waals surface area (Å²) in [6, 6.07) is 8.23. The second kappa shape index (κ2) is 6.62. The van der Waals surface area contributed by atoms with Crippen LogP contribution in [0.5, 0.6) is 0 Å². The van der Waals surface area contributed by atoms with Crippen LogP contribution in [-0.4, -0.2) is 40.5 Å². The average Bonchev–Trinajstić information content (AvgIpc) is 2.56. The van der Waals surface area contributed by atoms with Crippen LogP contribution in [0.1, 0.15) is 32.8 Å². The highest BCUT2D eigenvalue weighted by atomic mass is 32.2. The van der Waals surface area contributed by atoms with Crippen LogP contribution in [0.25, 0.3) is 0 Å². The van der Waals surface area contributed by atoms with Gasteiger partial charge in [-0.2, -0.15) is 4.58 Å². The van der Waals surface area contributed by atoms with Crippen molar-refractivity contribution in [2.24, 2.45) is 0 Å². The molecule has 2 rings (SSSR count). The van der Waals surface area contributed by atoms with E-state index in [4.69, 9.17) is 17.7 Å². The van der Waals surface area contributed by atoms with Crippen molar-refractivity contribution in [1.82, 2.24) is 0 Å². The van der Waals surface area contributed by atoms with Gasteiger partial charge in [0.2, 0.25) is 5.69 Å². The average molecular weight is 312 g/mol. The minimum atomic E-state index is -3.11. The fourth-order valence-electron chi connectivity index (χ4n) is 2.45. The smallest absolute Gasteiger partial charge is 0.425 e. The molecule has 21 heavy (non-hydrogen) atoms. The second-order valence-corrected chi connectivity index (χ2v) is 5.64. The normalized spacial score (nSPS) is 15.0. The van der Waals surface area contributed by atoms with E-state index in [-0.39, 0.29) is 11.8 Å². The van der Waals surface area contributed by atoms with Gasteiger partial charge in [0.15, 0.2) is 12.3 Å². The van der Waals surface area contributed by atoms with Gasteiger partial charge in [0, 0.05) is 18.6 Å². The van der Waals surface area contributed by atoms with Gasteiger partial charge < -0.3 is 5.11 Å².